The fraction of sp³-hybridized carbons (Fsp3) is 0.294. The van der Waals surface area contributed by atoms with Crippen molar-refractivity contribution in [2.45, 2.75) is 18.9 Å². The number of hydrogen-bond acceptors (Lipinski definition) is 3. The van der Waals surface area contributed by atoms with E-state index >= 15 is 0 Å². The number of carbonyl (C=O) groups excluding carboxylic acids is 1. The maximum atomic E-state index is 12.9. The average molecular weight is 428 g/mol. The van der Waals surface area contributed by atoms with E-state index in [0.717, 1.165) is 33.3 Å². The van der Waals surface area contributed by atoms with Crippen LogP contribution in [0.25, 0.3) is 0 Å². The highest BCUT2D eigenvalue weighted by Crippen LogP contribution is 2.22. The van der Waals surface area contributed by atoms with E-state index in [9.17, 15) is 9.18 Å². The molecule has 0 radical (unpaired) electrons. The van der Waals surface area contributed by atoms with Gasteiger partial charge in [0.2, 0.25) is 0 Å². The molecule has 3 rings (SSSR count). The van der Waals surface area contributed by atoms with Crippen LogP contribution < -0.4 is 10.6 Å². The topological polar surface area (TPSA) is 50.4 Å². The second kappa shape index (κ2) is 7.94. The minimum atomic E-state index is -0.534. The second-order valence-corrected chi connectivity index (χ2v) is 8.07. The van der Waals surface area contributed by atoms with Gasteiger partial charge in [0, 0.05) is 5.56 Å². The molecule has 0 aromatic heterocycles. The van der Waals surface area contributed by atoms with E-state index in [2.05, 4.69) is 10.6 Å². The Balaban J connectivity index is 1.61. The smallest absolute Gasteiger partial charge is 0.255 e. The van der Waals surface area contributed by atoms with E-state index in [1.54, 1.807) is 0 Å². The number of nitrogens with one attached hydrogen (secondary N) is 2. The van der Waals surface area contributed by atoms with Crippen molar-refractivity contribution in [3.8, 4) is 0 Å². The molecule has 0 bridgehead atoms. The van der Waals surface area contributed by atoms with Crippen LogP contribution in [0.15, 0.2) is 46.2 Å². The molecule has 23 heavy (non-hydrogen) atoms. The van der Waals surface area contributed by atoms with Gasteiger partial charge < -0.3 is 15.4 Å². The zero-order valence-electron chi connectivity index (χ0n) is 12.5. The van der Waals surface area contributed by atoms with Gasteiger partial charge in [-0.05, 0) is 83.1 Å². The second-order valence-electron chi connectivity index (χ2n) is 5.30. The van der Waals surface area contributed by atoms with Gasteiger partial charge in [0.15, 0.2) is 0 Å². The van der Waals surface area contributed by atoms with Gasteiger partial charge in [-0.15, -0.1) is 0 Å². The molecule has 1 saturated heterocycles. The lowest BCUT2D eigenvalue weighted by atomic mass is 10.1. The lowest BCUT2D eigenvalue weighted by molar-refractivity contribution is 0.0969. The van der Waals surface area contributed by atoms with Crippen molar-refractivity contribution in [3.05, 3.63) is 57.6 Å². The molecule has 6 heteroatoms. The van der Waals surface area contributed by atoms with Crippen LogP contribution in [0.3, 0.4) is 0 Å². The molecule has 1 aromatic rings. The summed E-state index contributed by atoms with van der Waals surface area (Å²) in [4.78, 5) is 12.2. The third-order valence-electron chi connectivity index (χ3n) is 3.57. The van der Waals surface area contributed by atoms with Crippen LogP contribution in [0.4, 0.5) is 4.39 Å². The number of ether oxygens (including phenoxy) is 1. The van der Waals surface area contributed by atoms with Gasteiger partial charge in [0.05, 0.1) is 9.81 Å². The quantitative estimate of drug-likeness (QED) is 0.573. The highest BCUT2D eigenvalue weighted by atomic mass is 127. The minimum Gasteiger partial charge on any atom is -0.337 e. The summed E-state index contributed by atoms with van der Waals surface area (Å²) in [6.45, 7) is 1.98. The summed E-state index contributed by atoms with van der Waals surface area (Å²) in [7, 11) is 0. The van der Waals surface area contributed by atoms with E-state index in [4.69, 9.17) is 4.74 Å². The monoisotopic (exact) mass is 428 g/mol. The Morgan fingerprint density at radius 1 is 1.26 bits per heavy atom. The van der Waals surface area contributed by atoms with Crippen LogP contribution in [0.1, 0.15) is 23.2 Å². The molecule has 4 nitrogen and oxygen atoms in total. The molecule has 2 heterocycles. The maximum absolute atomic E-state index is 12.9. The van der Waals surface area contributed by atoms with Crippen LogP contribution in [0.2, 0.25) is 0 Å². The van der Waals surface area contributed by atoms with Crippen molar-refractivity contribution in [1.29, 1.82) is 0 Å². The first-order valence-corrected chi connectivity index (χ1v) is 9.71. The Kier molecular flexibility index (Phi) is 5.69. The number of carbonyl (C=O) groups is 1. The number of piperidine rings is 1. The molecule has 0 atom stereocenters. The van der Waals surface area contributed by atoms with Crippen LogP contribution >= 0.6 is 20.7 Å². The third kappa shape index (κ3) is 4.79. The first kappa shape index (κ1) is 16.5. The Labute approximate surface area is 144 Å². The number of benzene rings is 1. The summed E-state index contributed by atoms with van der Waals surface area (Å²) in [6.07, 6.45) is 8.10. The Morgan fingerprint density at radius 3 is 2.74 bits per heavy atom. The van der Waals surface area contributed by atoms with Gasteiger partial charge in [-0.2, -0.15) is 0 Å². The number of hydrogen-bond donors (Lipinski definition) is 2. The summed E-state index contributed by atoms with van der Waals surface area (Å²) >= 11 is -0.534. The van der Waals surface area contributed by atoms with Gasteiger partial charge in [-0.25, -0.2) is 4.39 Å². The fourth-order valence-electron chi connectivity index (χ4n) is 2.35. The number of halogens is 2. The molecular formula is C17H18FIN2O2. The van der Waals surface area contributed by atoms with Crippen molar-refractivity contribution < 1.29 is 13.9 Å². The van der Waals surface area contributed by atoms with E-state index in [1.165, 1.54) is 24.3 Å². The van der Waals surface area contributed by atoms with Crippen LogP contribution in [0, 0.1) is 5.82 Å². The summed E-state index contributed by atoms with van der Waals surface area (Å²) in [5.74, 6) is -0.563. The normalized spacial score (nSPS) is 18.7. The highest BCUT2D eigenvalue weighted by Gasteiger charge is 2.16. The van der Waals surface area contributed by atoms with E-state index in [0.29, 0.717) is 5.56 Å². The minimum absolute atomic E-state index is 0.215. The molecule has 0 spiro atoms. The highest BCUT2D eigenvalue weighted by molar-refractivity contribution is 14.2. The average Bonchev–Trinajstić information content (AvgIpc) is 2.57. The molecule has 0 aliphatic carbocycles. The molecule has 122 valence electrons. The van der Waals surface area contributed by atoms with Crippen molar-refractivity contribution in [2.75, 3.05) is 13.1 Å². The van der Waals surface area contributed by atoms with E-state index < -0.39 is 20.7 Å². The van der Waals surface area contributed by atoms with Gasteiger partial charge >= 0.3 is 0 Å². The molecule has 0 unspecified atom stereocenters. The fourth-order valence-corrected chi connectivity index (χ4v) is 4.57. The molecule has 1 amide bonds. The van der Waals surface area contributed by atoms with Gasteiger partial charge in [0.1, 0.15) is 9.51 Å². The molecular weight excluding hydrogens is 410 g/mol. The van der Waals surface area contributed by atoms with Crippen LogP contribution in [-0.4, -0.2) is 28.8 Å². The molecule has 2 aliphatic rings. The van der Waals surface area contributed by atoms with E-state index in [-0.39, 0.29) is 17.8 Å². The van der Waals surface area contributed by atoms with Crippen molar-refractivity contribution in [2.24, 2.45) is 0 Å². The summed E-state index contributed by atoms with van der Waals surface area (Å²) in [5, 5.41) is 6.22. The predicted molar refractivity (Wildman–Crippen MR) is 97.1 cm³/mol. The lowest BCUT2D eigenvalue weighted by Gasteiger charge is -2.23. The molecule has 1 fully saturated rings. The number of amides is 1. The van der Waals surface area contributed by atoms with Crippen molar-refractivity contribution >= 4 is 30.3 Å². The summed E-state index contributed by atoms with van der Waals surface area (Å²) in [6, 6.07) is 5.55. The molecule has 2 aliphatic heterocycles. The zero-order chi connectivity index (χ0) is 16.1. The van der Waals surface area contributed by atoms with Crippen LogP contribution in [0.5, 0.6) is 0 Å². The SMILES string of the molecule is O=C(NC1=CC=CC(OC2CCNCC2)=I1)c1ccc(F)cc1. The first-order chi connectivity index (χ1) is 11.2. The van der Waals surface area contributed by atoms with E-state index in [1.807, 2.05) is 18.2 Å². The standard InChI is InChI=1S/C17H18FIN2O2/c18-13-6-4-12(5-7-13)17(22)21-15-2-1-3-16(19-15)23-14-8-10-20-11-9-14/h1-7,14,20H,8-11H2,(H,21,22). The van der Waals surface area contributed by atoms with Crippen molar-refractivity contribution in [3.63, 3.8) is 0 Å². The summed E-state index contributed by atoms with van der Waals surface area (Å²) in [5.41, 5.74) is 0.451. The Bertz CT molecular complexity index is 662. The predicted octanol–water partition coefficient (Wildman–Crippen LogP) is 2.84. The van der Waals surface area contributed by atoms with Crippen molar-refractivity contribution in [1.82, 2.24) is 10.6 Å². The Hall–Kier alpha value is -1.38. The van der Waals surface area contributed by atoms with Gasteiger partial charge in [0.25, 0.3) is 5.91 Å². The molecule has 1 aromatic carbocycles. The van der Waals surface area contributed by atoms with Gasteiger partial charge in [-0.3, -0.25) is 4.79 Å². The zero-order valence-corrected chi connectivity index (χ0v) is 14.7. The first-order valence-electron chi connectivity index (χ1n) is 7.55. The lowest BCUT2D eigenvalue weighted by Crippen LogP contribution is -2.33. The van der Waals surface area contributed by atoms with Gasteiger partial charge in [-0.1, -0.05) is 6.08 Å². The molecule has 2 N–H and O–H groups in total. The van der Waals surface area contributed by atoms with Crippen LogP contribution in [-0.2, 0) is 4.74 Å². The number of rotatable bonds is 4. The Morgan fingerprint density at radius 2 is 2.00 bits per heavy atom. The third-order valence-corrected chi connectivity index (χ3v) is 5.93. The number of allylic oxidation sites excluding steroid dienone is 2. The largest absolute Gasteiger partial charge is 0.337 e. The maximum Gasteiger partial charge on any atom is 0.255 e. The summed E-state index contributed by atoms with van der Waals surface area (Å²) < 4.78 is 20.8. The molecule has 0 saturated carbocycles.